The molecule has 1 heterocycles. The first-order chi connectivity index (χ1) is 11.9. The number of benzene rings is 1. The highest BCUT2D eigenvalue weighted by molar-refractivity contribution is 5.92. The van der Waals surface area contributed by atoms with Crippen LogP contribution in [0.3, 0.4) is 0 Å². The van der Waals surface area contributed by atoms with Gasteiger partial charge in [-0.2, -0.15) is 0 Å². The summed E-state index contributed by atoms with van der Waals surface area (Å²) in [5, 5.41) is 0. The summed E-state index contributed by atoms with van der Waals surface area (Å²) in [6.07, 6.45) is 7.87. The van der Waals surface area contributed by atoms with Crippen molar-refractivity contribution in [3.63, 3.8) is 0 Å². The van der Waals surface area contributed by atoms with Crippen molar-refractivity contribution in [3.05, 3.63) is 77.6 Å². The van der Waals surface area contributed by atoms with Gasteiger partial charge in [0, 0.05) is 42.9 Å². The van der Waals surface area contributed by atoms with Gasteiger partial charge in [-0.15, -0.1) is 0 Å². The first-order valence-corrected chi connectivity index (χ1v) is 8.73. The Bertz CT molecular complexity index is 782. The van der Waals surface area contributed by atoms with E-state index in [0.29, 0.717) is 0 Å². The number of pyridine rings is 1. The number of allylic oxidation sites excluding steroid dienone is 1. The van der Waals surface area contributed by atoms with Gasteiger partial charge < -0.3 is 4.90 Å². The minimum absolute atomic E-state index is 0.0396. The lowest BCUT2D eigenvalue weighted by Crippen LogP contribution is -2.24. The molecule has 3 nitrogen and oxygen atoms in total. The molecule has 3 rings (SSSR count). The highest BCUT2D eigenvalue weighted by Crippen LogP contribution is 2.67. The smallest absolute Gasteiger partial charge is 0.248 e. The maximum Gasteiger partial charge on any atom is 0.248 e. The van der Waals surface area contributed by atoms with Gasteiger partial charge in [0.2, 0.25) is 5.91 Å². The van der Waals surface area contributed by atoms with E-state index in [4.69, 9.17) is 0 Å². The number of carbonyl (C=O) groups is 1. The minimum Gasteiger partial charge on any atom is -0.345 e. The Morgan fingerprint density at radius 3 is 2.52 bits per heavy atom. The molecule has 1 aromatic heterocycles. The summed E-state index contributed by atoms with van der Waals surface area (Å²) in [7, 11) is 3.60. The highest BCUT2D eigenvalue weighted by Gasteiger charge is 2.63. The van der Waals surface area contributed by atoms with E-state index in [1.807, 2.05) is 19.2 Å². The molecule has 0 saturated heterocycles. The lowest BCUT2D eigenvalue weighted by molar-refractivity contribution is -0.124. The molecule has 3 heteroatoms. The molecule has 0 N–H and O–H groups in total. The summed E-state index contributed by atoms with van der Waals surface area (Å²) in [5.74, 6) is 0.0767. The van der Waals surface area contributed by atoms with Gasteiger partial charge in [-0.3, -0.25) is 9.78 Å². The van der Waals surface area contributed by atoms with E-state index >= 15 is 0 Å². The molecular weight excluding hydrogens is 308 g/mol. The standard InChI is InChI=1S/C22H26N2O/c1-17(20(25)24(3)4)13-22(14-18-9-8-12-23-15-18)16-21(22,2)19-10-6-5-7-11-19/h5-13,15H,14,16H2,1-4H3/b17-13+. The predicted molar refractivity (Wildman–Crippen MR) is 101 cm³/mol. The molecule has 0 aliphatic heterocycles. The molecule has 2 unspecified atom stereocenters. The van der Waals surface area contributed by atoms with Gasteiger partial charge in [0.1, 0.15) is 0 Å². The SMILES string of the molecule is C/C(=C\C1(Cc2cccnc2)CC1(C)c1ccccc1)C(=O)N(C)C. The van der Waals surface area contributed by atoms with E-state index in [-0.39, 0.29) is 16.7 Å². The van der Waals surface area contributed by atoms with Gasteiger partial charge in [0.25, 0.3) is 0 Å². The topological polar surface area (TPSA) is 33.2 Å². The third-order valence-electron chi connectivity index (χ3n) is 5.53. The van der Waals surface area contributed by atoms with Crippen LogP contribution < -0.4 is 0 Å². The Morgan fingerprint density at radius 1 is 1.20 bits per heavy atom. The van der Waals surface area contributed by atoms with Crippen LogP contribution in [0.25, 0.3) is 0 Å². The van der Waals surface area contributed by atoms with Crippen molar-refractivity contribution in [2.75, 3.05) is 14.1 Å². The molecule has 0 bridgehead atoms. The van der Waals surface area contributed by atoms with Gasteiger partial charge >= 0.3 is 0 Å². The van der Waals surface area contributed by atoms with Crippen molar-refractivity contribution in [2.45, 2.75) is 32.1 Å². The molecule has 1 saturated carbocycles. The molecule has 1 aliphatic carbocycles. The molecule has 1 aromatic carbocycles. The lowest BCUT2D eigenvalue weighted by atomic mass is 9.82. The second-order valence-corrected chi connectivity index (χ2v) is 7.60. The molecular formula is C22H26N2O. The number of amides is 1. The molecule has 1 fully saturated rings. The third kappa shape index (κ3) is 3.23. The monoisotopic (exact) mass is 334 g/mol. The van der Waals surface area contributed by atoms with Crippen molar-refractivity contribution >= 4 is 5.91 Å². The minimum atomic E-state index is -0.0485. The van der Waals surface area contributed by atoms with Crippen LogP contribution in [0.2, 0.25) is 0 Å². The Labute approximate surface area is 150 Å². The zero-order valence-electron chi connectivity index (χ0n) is 15.5. The second-order valence-electron chi connectivity index (χ2n) is 7.60. The van der Waals surface area contributed by atoms with Gasteiger partial charge in [-0.25, -0.2) is 0 Å². The van der Waals surface area contributed by atoms with E-state index in [0.717, 1.165) is 18.4 Å². The summed E-state index contributed by atoms with van der Waals surface area (Å²) >= 11 is 0. The predicted octanol–water partition coefficient (Wildman–Crippen LogP) is 4.01. The van der Waals surface area contributed by atoms with Gasteiger partial charge in [-0.1, -0.05) is 49.4 Å². The van der Waals surface area contributed by atoms with E-state index < -0.39 is 0 Å². The number of hydrogen-bond acceptors (Lipinski definition) is 2. The molecule has 0 spiro atoms. The Morgan fingerprint density at radius 2 is 1.92 bits per heavy atom. The normalized spacial score (nSPS) is 25.5. The molecule has 130 valence electrons. The molecule has 0 radical (unpaired) electrons. The van der Waals surface area contributed by atoms with Gasteiger partial charge in [0.15, 0.2) is 0 Å². The summed E-state index contributed by atoms with van der Waals surface area (Å²) in [6.45, 7) is 4.24. The van der Waals surface area contributed by atoms with Crippen LogP contribution in [0, 0.1) is 5.41 Å². The maximum absolute atomic E-state index is 12.4. The number of nitrogens with zero attached hydrogens (tertiary/aromatic N) is 2. The first kappa shape index (κ1) is 17.4. The van der Waals surface area contributed by atoms with Gasteiger partial charge in [-0.05, 0) is 37.0 Å². The van der Waals surface area contributed by atoms with Crippen molar-refractivity contribution in [3.8, 4) is 0 Å². The van der Waals surface area contributed by atoms with Crippen LogP contribution in [0.4, 0.5) is 0 Å². The zero-order valence-corrected chi connectivity index (χ0v) is 15.5. The maximum atomic E-state index is 12.4. The Hall–Kier alpha value is -2.42. The fourth-order valence-corrected chi connectivity index (χ4v) is 4.00. The molecule has 2 aromatic rings. The fraction of sp³-hybridized carbons (Fsp3) is 0.364. The summed E-state index contributed by atoms with van der Waals surface area (Å²) in [6, 6.07) is 14.7. The lowest BCUT2D eigenvalue weighted by Gasteiger charge is -2.22. The van der Waals surface area contributed by atoms with Gasteiger partial charge in [0.05, 0.1) is 0 Å². The summed E-state index contributed by atoms with van der Waals surface area (Å²) in [5.41, 5.74) is 3.35. The first-order valence-electron chi connectivity index (χ1n) is 8.73. The molecule has 1 amide bonds. The number of rotatable bonds is 5. The zero-order chi connectivity index (χ0) is 18.1. The van der Waals surface area contributed by atoms with Crippen LogP contribution in [0.1, 0.15) is 31.4 Å². The van der Waals surface area contributed by atoms with E-state index in [2.05, 4.69) is 54.4 Å². The van der Waals surface area contributed by atoms with Crippen molar-refractivity contribution in [2.24, 2.45) is 5.41 Å². The van der Waals surface area contributed by atoms with E-state index in [1.165, 1.54) is 11.1 Å². The quantitative estimate of drug-likeness (QED) is 0.774. The summed E-state index contributed by atoms with van der Waals surface area (Å²) in [4.78, 5) is 18.3. The van der Waals surface area contributed by atoms with Crippen LogP contribution in [0.5, 0.6) is 0 Å². The van der Waals surface area contributed by atoms with E-state index in [9.17, 15) is 4.79 Å². The second kappa shape index (κ2) is 6.47. The highest BCUT2D eigenvalue weighted by atomic mass is 16.2. The number of likely N-dealkylation sites (N-methyl/N-ethyl adjacent to an activating group) is 1. The largest absolute Gasteiger partial charge is 0.345 e. The van der Waals surface area contributed by atoms with Crippen LogP contribution in [0.15, 0.2) is 66.5 Å². The summed E-state index contributed by atoms with van der Waals surface area (Å²) < 4.78 is 0. The third-order valence-corrected chi connectivity index (χ3v) is 5.53. The molecule has 1 aliphatic rings. The molecule has 25 heavy (non-hydrogen) atoms. The fourth-order valence-electron chi connectivity index (χ4n) is 4.00. The number of carbonyl (C=O) groups excluding carboxylic acids is 1. The van der Waals surface area contributed by atoms with Crippen LogP contribution in [-0.2, 0) is 16.6 Å². The van der Waals surface area contributed by atoms with Crippen molar-refractivity contribution < 1.29 is 4.79 Å². The Kier molecular flexibility index (Phi) is 4.51. The number of aromatic nitrogens is 1. The van der Waals surface area contributed by atoms with E-state index in [1.54, 1.807) is 25.2 Å². The molecule has 2 atom stereocenters. The number of hydrogen-bond donors (Lipinski definition) is 0. The Balaban J connectivity index is 1.99. The van der Waals surface area contributed by atoms with Crippen molar-refractivity contribution in [1.82, 2.24) is 9.88 Å². The van der Waals surface area contributed by atoms with Crippen LogP contribution in [-0.4, -0.2) is 29.9 Å². The van der Waals surface area contributed by atoms with Crippen molar-refractivity contribution in [1.29, 1.82) is 0 Å². The van der Waals surface area contributed by atoms with Crippen LogP contribution >= 0.6 is 0 Å². The average Bonchev–Trinajstić information content (AvgIpc) is 3.20. The average molecular weight is 334 g/mol.